The number of benzene rings is 1. The van der Waals surface area contributed by atoms with E-state index in [0.29, 0.717) is 5.92 Å². The molecule has 0 bridgehead atoms. The average Bonchev–Trinajstić information content (AvgIpc) is 2.37. The van der Waals surface area contributed by atoms with Crippen LogP contribution in [0.3, 0.4) is 0 Å². The predicted molar refractivity (Wildman–Crippen MR) is 82.9 cm³/mol. The summed E-state index contributed by atoms with van der Waals surface area (Å²) in [7, 11) is 0. The van der Waals surface area contributed by atoms with Crippen LogP contribution in [0.15, 0.2) is 24.3 Å². The molecule has 102 valence electrons. The summed E-state index contributed by atoms with van der Waals surface area (Å²) in [6.45, 7) is 8.33. The van der Waals surface area contributed by atoms with E-state index < -0.39 is 0 Å². The van der Waals surface area contributed by atoms with E-state index in [0.717, 1.165) is 24.6 Å². The molecule has 0 aliphatic carbocycles. The molecule has 0 heterocycles. The van der Waals surface area contributed by atoms with Crippen LogP contribution in [0.25, 0.3) is 0 Å². The first-order valence-corrected chi connectivity index (χ1v) is 7.92. The van der Waals surface area contributed by atoms with Crippen molar-refractivity contribution in [1.82, 2.24) is 0 Å². The number of hydrogen-bond donors (Lipinski definition) is 1. The second-order valence-corrected chi connectivity index (χ2v) is 6.10. The zero-order chi connectivity index (χ0) is 13.2. The Kier molecular flexibility index (Phi) is 7.74. The highest BCUT2D eigenvalue weighted by Crippen LogP contribution is 2.18. The van der Waals surface area contributed by atoms with Gasteiger partial charge in [-0.1, -0.05) is 26.8 Å². The van der Waals surface area contributed by atoms with Crippen molar-refractivity contribution >= 4 is 17.4 Å². The highest BCUT2D eigenvalue weighted by Gasteiger charge is 1.98. The van der Waals surface area contributed by atoms with Crippen LogP contribution in [-0.4, -0.2) is 24.7 Å². The Morgan fingerprint density at radius 1 is 1.33 bits per heavy atom. The first-order chi connectivity index (χ1) is 8.72. The van der Waals surface area contributed by atoms with Crippen molar-refractivity contribution in [2.75, 3.05) is 30.0 Å². The molecule has 0 aliphatic heterocycles. The first-order valence-electron chi connectivity index (χ1n) is 6.77. The van der Waals surface area contributed by atoms with E-state index in [4.69, 9.17) is 4.74 Å². The van der Waals surface area contributed by atoms with Gasteiger partial charge in [-0.15, -0.1) is 0 Å². The summed E-state index contributed by atoms with van der Waals surface area (Å²) in [6, 6.07) is 8.23. The Balaban J connectivity index is 2.30. The molecule has 0 radical (unpaired) electrons. The van der Waals surface area contributed by atoms with Crippen LogP contribution in [-0.2, 0) is 0 Å². The van der Waals surface area contributed by atoms with Crippen molar-refractivity contribution in [2.45, 2.75) is 27.2 Å². The third-order valence-corrected chi connectivity index (χ3v) is 3.40. The molecule has 0 aliphatic rings. The number of anilines is 1. The van der Waals surface area contributed by atoms with Crippen molar-refractivity contribution in [3.05, 3.63) is 24.3 Å². The number of thioether (sulfide) groups is 1. The van der Waals surface area contributed by atoms with Gasteiger partial charge in [0.1, 0.15) is 5.75 Å². The fraction of sp³-hybridized carbons (Fsp3) is 0.600. The minimum absolute atomic E-state index is 0.563. The van der Waals surface area contributed by atoms with Crippen molar-refractivity contribution in [3.8, 4) is 5.75 Å². The smallest absolute Gasteiger partial charge is 0.121 e. The van der Waals surface area contributed by atoms with Gasteiger partial charge in [0.2, 0.25) is 0 Å². The lowest BCUT2D eigenvalue weighted by molar-refractivity contribution is 0.271. The Morgan fingerprint density at radius 3 is 2.89 bits per heavy atom. The van der Waals surface area contributed by atoms with Crippen molar-refractivity contribution in [2.24, 2.45) is 5.92 Å². The van der Waals surface area contributed by atoms with Gasteiger partial charge in [-0.3, -0.25) is 0 Å². The van der Waals surface area contributed by atoms with Crippen molar-refractivity contribution in [3.63, 3.8) is 0 Å². The second kappa shape index (κ2) is 9.15. The molecule has 0 unspecified atom stereocenters. The summed E-state index contributed by atoms with van der Waals surface area (Å²) in [5, 5.41) is 3.44. The molecular weight excluding hydrogens is 242 g/mol. The molecule has 0 fully saturated rings. The summed E-state index contributed by atoms with van der Waals surface area (Å²) >= 11 is 1.99. The largest absolute Gasteiger partial charge is 0.493 e. The molecule has 0 amide bonds. The highest BCUT2D eigenvalue weighted by molar-refractivity contribution is 7.99. The van der Waals surface area contributed by atoms with Gasteiger partial charge < -0.3 is 10.1 Å². The van der Waals surface area contributed by atoms with Crippen molar-refractivity contribution < 1.29 is 4.74 Å². The van der Waals surface area contributed by atoms with E-state index in [-0.39, 0.29) is 0 Å². The van der Waals surface area contributed by atoms with Crippen molar-refractivity contribution in [1.29, 1.82) is 0 Å². The molecule has 0 spiro atoms. The van der Waals surface area contributed by atoms with Crippen LogP contribution in [0.4, 0.5) is 5.69 Å². The summed E-state index contributed by atoms with van der Waals surface area (Å²) < 4.78 is 5.71. The Morgan fingerprint density at radius 2 is 2.17 bits per heavy atom. The molecule has 0 atom stereocenters. The van der Waals surface area contributed by atoms with Gasteiger partial charge in [0, 0.05) is 18.3 Å². The lowest BCUT2D eigenvalue weighted by atomic mass is 10.2. The quantitative estimate of drug-likeness (QED) is 0.675. The first kappa shape index (κ1) is 15.2. The zero-order valence-corrected chi connectivity index (χ0v) is 12.6. The second-order valence-electron chi connectivity index (χ2n) is 4.71. The van der Waals surface area contributed by atoms with Gasteiger partial charge >= 0.3 is 0 Å². The van der Waals surface area contributed by atoms with E-state index in [1.807, 2.05) is 23.9 Å². The molecule has 0 saturated carbocycles. The molecule has 2 nitrogen and oxygen atoms in total. The Hall–Kier alpha value is -0.830. The van der Waals surface area contributed by atoms with E-state index in [2.05, 4.69) is 38.2 Å². The normalized spacial score (nSPS) is 10.7. The summed E-state index contributed by atoms with van der Waals surface area (Å²) in [6.07, 6.45) is 1.20. The van der Waals surface area contributed by atoms with E-state index in [1.54, 1.807) is 0 Å². The van der Waals surface area contributed by atoms with Crippen LogP contribution in [0, 0.1) is 5.92 Å². The third kappa shape index (κ3) is 6.80. The fourth-order valence-electron chi connectivity index (χ4n) is 1.51. The molecule has 0 aromatic heterocycles. The van der Waals surface area contributed by atoms with E-state index in [9.17, 15) is 0 Å². The molecule has 0 saturated heterocycles. The predicted octanol–water partition coefficient (Wildman–Crippen LogP) is 4.28. The summed E-state index contributed by atoms with van der Waals surface area (Å²) in [4.78, 5) is 0. The number of hydrogen-bond acceptors (Lipinski definition) is 3. The van der Waals surface area contributed by atoms with Gasteiger partial charge in [-0.2, -0.15) is 11.8 Å². The monoisotopic (exact) mass is 267 g/mol. The number of rotatable bonds is 9. The van der Waals surface area contributed by atoms with Gasteiger partial charge in [-0.05, 0) is 36.0 Å². The minimum Gasteiger partial charge on any atom is -0.493 e. The molecular formula is C15H25NOS. The minimum atomic E-state index is 0.563. The maximum atomic E-state index is 5.71. The van der Waals surface area contributed by atoms with E-state index >= 15 is 0 Å². The lowest BCUT2D eigenvalue weighted by Gasteiger charge is -2.11. The fourth-order valence-corrected chi connectivity index (χ4v) is 2.15. The molecule has 1 rings (SSSR count). The molecule has 1 N–H and O–H groups in total. The maximum absolute atomic E-state index is 5.71. The molecule has 3 heteroatoms. The molecule has 18 heavy (non-hydrogen) atoms. The topological polar surface area (TPSA) is 21.3 Å². The summed E-state index contributed by atoms with van der Waals surface area (Å²) in [5.74, 6) is 3.95. The lowest BCUT2D eigenvalue weighted by Crippen LogP contribution is -2.06. The SMILES string of the molecule is CCSCCCNc1cccc(OCC(C)C)c1. The van der Waals surface area contributed by atoms with Gasteiger partial charge in [-0.25, -0.2) is 0 Å². The van der Waals surface area contributed by atoms with E-state index in [1.165, 1.54) is 17.9 Å². The third-order valence-electron chi connectivity index (χ3n) is 2.42. The summed E-state index contributed by atoms with van der Waals surface area (Å²) in [5.41, 5.74) is 1.15. The number of ether oxygens (including phenoxy) is 1. The number of nitrogens with one attached hydrogen (secondary N) is 1. The van der Waals surface area contributed by atoms with Gasteiger partial charge in [0.05, 0.1) is 6.61 Å². The molecule has 1 aromatic rings. The van der Waals surface area contributed by atoms with Crippen LogP contribution in [0.1, 0.15) is 27.2 Å². The maximum Gasteiger partial charge on any atom is 0.121 e. The zero-order valence-electron chi connectivity index (χ0n) is 11.7. The van der Waals surface area contributed by atoms with Crippen LogP contribution in [0.2, 0.25) is 0 Å². The average molecular weight is 267 g/mol. The van der Waals surface area contributed by atoms with Gasteiger partial charge in [0.15, 0.2) is 0 Å². The highest BCUT2D eigenvalue weighted by atomic mass is 32.2. The Bertz CT molecular complexity index is 328. The van der Waals surface area contributed by atoms with Crippen LogP contribution >= 0.6 is 11.8 Å². The van der Waals surface area contributed by atoms with Crippen LogP contribution in [0.5, 0.6) is 5.75 Å². The Labute approximate surface area is 116 Å². The molecule has 1 aromatic carbocycles. The van der Waals surface area contributed by atoms with Gasteiger partial charge in [0.25, 0.3) is 0 Å². The van der Waals surface area contributed by atoms with Crippen LogP contribution < -0.4 is 10.1 Å². The standard InChI is InChI=1S/C15H25NOS/c1-4-18-10-6-9-16-14-7-5-8-15(11-14)17-12-13(2)3/h5,7-8,11,13,16H,4,6,9-10,12H2,1-3H3.